The summed E-state index contributed by atoms with van der Waals surface area (Å²) in [5.74, 6) is -1.15. The van der Waals surface area contributed by atoms with E-state index in [2.05, 4.69) is 5.10 Å². The Hall–Kier alpha value is -2.30. The van der Waals surface area contributed by atoms with Crippen LogP contribution in [0.15, 0.2) is 29.1 Å². The standard InChI is InChI=1S/C12H12N2O3/c1-7-4-3-5-10(8(7)2)14-11(15)6-9(13-14)12(16)17/h3-6,13H,1-2H3,(H,16,17). The molecule has 88 valence electrons. The summed E-state index contributed by atoms with van der Waals surface area (Å²) in [6.45, 7) is 3.82. The Balaban J connectivity index is 2.65. The van der Waals surface area contributed by atoms with Crippen molar-refractivity contribution in [3.8, 4) is 5.69 Å². The second-order valence-corrected chi connectivity index (χ2v) is 3.87. The molecule has 2 rings (SSSR count). The minimum Gasteiger partial charge on any atom is -0.477 e. The van der Waals surface area contributed by atoms with Crippen LogP contribution in [0.3, 0.4) is 0 Å². The minimum absolute atomic E-state index is 0.115. The van der Waals surface area contributed by atoms with Crippen molar-refractivity contribution >= 4 is 5.97 Å². The summed E-state index contributed by atoms with van der Waals surface area (Å²) in [5, 5.41) is 11.4. The van der Waals surface area contributed by atoms with Crippen LogP contribution in [0.25, 0.3) is 5.69 Å². The lowest BCUT2D eigenvalue weighted by atomic mass is 10.1. The number of carboxylic acid groups (broad SMARTS) is 1. The van der Waals surface area contributed by atoms with Gasteiger partial charge in [-0.15, -0.1) is 0 Å². The average molecular weight is 232 g/mol. The summed E-state index contributed by atoms with van der Waals surface area (Å²) in [6, 6.07) is 6.60. The monoisotopic (exact) mass is 232 g/mol. The van der Waals surface area contributed by atoms with Gasteiger partial charge >= 0.3 is 5.97 Å². The molecule has 0 unspecified atom stereocenters. The van der Waals surface area contributed by atoms with Gasteiger partial charge < -0.3 is 5.11 Å². The van der Waals surface area contributed by atoms with E-state index in [0.717, 1.165) is 17.2 Å². The van der Waals surface area contributed by atoms with E-state index in [1.807, 2.05) is 26.0 Å². The van der Waals surface area contributed by atoms with Gasteiger partial charge in [0.05, 0.1) is 5.69 Å². The Morgan fingerprint density at radius 1 is 1.35 bits per heavy atom. The molecule has 0 saturated heterocycles. The van der Waals surface area contributed by atoms with Crippen LogP contribution in [-0.2, 0) is 0 Å². The summed E-state index contributed by atoms with van der Waals surface area (Å²) in [5.41, 5.74) is 2.16. The number of nitrogens with one attached hydrogen (secondary N) is 1. The lowest BCUT2D eigenvalue weighted by Crippen LogP contribution is -2.15. The lowest BCUT2D eigenvalue weighted by Gasteiger charge is -2.08. The Morgan fingerprint density at radius 2 is 2.06 bits per heavy atom. The summed E-state index contributed by atoms with van der Waals surface area (Å²) < 4.78 is 1.24. The van der Waals surface area contributed by atoms with Crippen LogP contribution in [0, 0.1) is 13.8 Å². The topological polar surface area (TPSA) is 75.1 Å². The predicted molar refractivity (Wildman–Crippen MR) is 62.8 cm³/mol. The molecule has 1 heterocycles. The second-order valence-electron chi connectivity index (χ2n) is 3.87. The number of carboxylic acids is 1. The number of H-pyrrole nitrogens is 1. The van der Waals surface area contributed by atoms with Crippen LogP contribution in [0.1, 0.15) is 21.6 Å². The highest BCUT2D eigenvalue weighted by Crippen LogP contribution is 2.15. The molecule has 2 aromatic rings. The first-order valence-electron chi connectivity index (χ1n) is 5.12. The highest BCUT2D eigenvalue weighted by atomic mass is 16.4. The van der Waals surface area contributed by atoms with Crippen molar-refractivity contribution in [3.05, 3.63) is 51.4 Å². The van der Waals surface area contributed by atoms with Crippen molar-refractivity contribution in [1.29, 1.82) is 0 Å². The zero-order chi connectivity index (χ0) is 12.6. The molecule has 0 spiro atoms. The van der Waals surface area contributed by atoms with Crippen molar-refractivity contribution < 1.29 is 9.90 Å². The van der Waals surface area contributed by atoms with E-state index in [-0.39, 0.29) is 11.3 Å². The van der Waals surface area contributed by atoms with Gasteiger partial charge in [-0.3, -0.25) is 9.89 Å². The molecule has 0 aliphatic rings. The number of carbonyl (C=O) groups is 1. The van der Waals surface area contributed by atoms with Crippen molar-refractivity contribution in [1.82, 2.24) is 9.78 Å². The Bertz CT molecular complexity index is 637. The number of nitrogens with zero attached hydrogens (tertiary/aromatic N) is 1. The van der Waals surface area contributed by atoms with E-state index in [9.17, 15) is 9.59 Å². The average Bonchev–Trinajstić information content (AvgIpc) is 2.65. The first-order valence-corrected chi connectivity index (χ1v) is 5.12. The molecular weight excluding hydrogens is 220 g/mol. The molecule has 0 amide bonds. The number of hydrogen-bond acceptors (Lipinski definition) is 2. The minimum atomic E-state index is -1.15. The zero-order valence-electron chi connectivity index (χ0n) is 9.52. The molecule has 0 saturated carbocycles. The molecule has 0 fully saturated rings. The SMILES string of the molecule is Cc1cccc(-n2[nH]c(C(=O)O)cc2=O)c1C. The number of hydrogen-bond donors (Lipinski definition) is 2. The van der Waals surface area contributed by atoms with E-state index < -0.39 is 5.97 Å². The van der Waals surface area contributed by atoms with Gasteiger partial charge in [-0.1, -0.05) is 12.1 Å². The molecule has 5 nitrogen and oxygen atoms in total. The highest BCUT2D eigenvalue weighted by Gasteiger charge is 2.12. The molecule has 2 N–H and O–H groups in total. The van der Waals surface area contributed by atoms with E-state index in [1.165, 1.54) is 4.68 Å². The van der Waals surface area contributed by atoms with Gasteiger partial charge in [0.15, 0.2) is 0 Å². The molecule has 1 aromatic carbocycles. The third-order valence-electron chi connectivity index (χ3n) is 2.77. The van der Waals surface area contributed by atoms with Gasteiger partial charge in [0, 0.05) is 6.07 Å². The van der Waals surface area contributed by atoms with E-state index >= 15 is 0 Å². The molecule has 1 aromatic heterocycles. The number of aromatic nitrogens is 2. The van der Waals surface area contributed by atoms with E-state index in [1.54, 1.807) is 6.07 Å². The number of rotatable bonds is 2. The number of aromatic carboxylic acids is 1. The summed E-state index contributed by atoms with van der Waals surface area (Å²) in [7, 11) is 0. The molecule has 0 aliphatic carbocycles. The smallest absolute Gasteiger partial charge is 0.353 e. The van der Waals surface area contributed by atoms with Crippen molar-refractivity contribution in [3.63, 3.8) is 0 Å². The Kier molecular flexibility index (Phi) is 2.59. The second kappa shape index (κ2) is 3.93. The highest BCUT2D eigenvalue weighted by molar-refractivity contribution is 5.85. The molecule has 17 heavy (non-hydrogen) atoms. The van der Waals surface area contributed by atoms with Gasteiger partial charge in [0.25, 0.3) is 5.56 Å². The number of benzene rings is 1. The van der Waals surface area contributed by atoms with Crippen LogP contribution in [0.5, 0.6) is 0 Å². The van der Waals surface area contributed by atoms with Gasteiger partial charge in [-0.05, 0) is 31.0 Å². The Morgan fingerprint density at radius 3 is 2.65 bits per heavy atom. The maximum Gasteiger partial charge on any atom is 0.353 e. The van der Waals surface area contributed by atoms with Gasteiger partial charge in [-0.2, -0.15) is 0 Å². The van der Waals surface area contributed by atoms with Crippen LogP contribution in [0.2, 0.25) is 0 Å². The maximum absolute atomic E-state index is 11.7. The summed E-state index contributed by atoms with van der Waals surface area (Å²) >= 11 is 0. The summed E-state index contributed by atoms with van der Waals surface area (Å²) in [4.78, 5) is 22.4. The molecule has 0 radical (unpaired) electrons. The van der Waals surface area contributed by atoms with Crippen molar-refractivity contribution in [2.75, 3.05) is 0 Å². The quantitative estimate of drug-likeness (QED) is 0.823. The van der Waals surface area contributed by atoms with Crippen LogP contribution < -0.4 is 5.56 Å². The normalized spacial score (nSPS) is 10.5. The maximum atomic E-state index is 11.7. The first-order chi connectivity index (χ1) is 8.00. The fourth-order valence-corrected chi connectivity index (χ4v) is 1.66. The molecule has 0 atom stereocenters. The fraction of sp³-hybridized carbons (Fsp3) is 0.167. The molecule has 0 bridgehead atoms. The third-order valence-corrected chi connectivity index (χ3v) is 2.77. The number of aromatic amines is 1. The van der Waals surface area contributed by atoms with Gasteiger partial charge in [0.1, 0.15) is 5.69 Å². The van der Waals surface area contributed by atoms with Crippen molar-refractivity contribution in [2.45, 2.75) is 13.8 Å². The van der Waals surface area contributed by atoms with Crippen LogP contribution >= 0.6 is 0 Å². The first kappa shape index (κ1) is 11.2. The van der Waals surface area contributed by atoms with Crippen molar-refractivity contribution in [2.24, 2.45) is 0 Å². The predicted octanol–water partition coefficient (Wildman–Crippen LogP) is 1.48. The molecule has 0 aliphatic heterocycles. The number of aryl methyl sites for hydroxylation is 1. The lowest BCUT2D eigenvalue weighted by molar-refractivity contribution is 0.0690. The largest absolute Gasteiger partial charge is 0.477 e. The zero-order valence-corrected chi connectivity index (χ0v) is 9.52. The van der Waals surface area contributed by atoms with E-state index in [4.69, 9.17) is 5.11 Å². The molecular formula is C12H12N2O3. The van der Waals surface area contributed by atoms with Gasteiger partial charge in [-0.25, -0.2) is 9.48 Å². The van der Waals surface area contributed by atoms with Crippen LogP contribution in [0.4, 0.5) is 0 Å². The summed E-state index contributed by atoms with van der Waals surface area (Å²) in [6.07, 6.45) is 0. The van der Waals surface area contributed by atoms with E-state index in [0.29, 0.717) is 5.69 Å². The third kappa shape index (κ3) is 1.87. The van der Waals surface area contributed by atoms with Crippen LogP contribution in [-0.4, -0.2) is 20.9 Å². The Labute approximate surface area is 97.3 Å². The molecule has 5 heteroatoms. The fourth-order valence-electron chi connectivity index (χ4n) is 1.66. The van der Waals surface area contributed by atoms with Gasteiger partial charge in [0.2, 0.25) is 0 Å².